The molecule has 1 N–H and O–H groups in total. The highest BCUT2D eigenvalue weighted by molar-refractivity contribution is 7.07. The lowest BCUT2D eigenvalue weighted by atomic mass is 10.0. The number of carbonyl (C=O) groups is 1. The predicted octanol–water partition coefficient (Wildman–Crippen LogP) is 1.52. The number of nitrogens with one attached hydrogen (secondary N) is 1. The van der Waals surface area contributed by atoms with Crippen molar-refractivity contribution in [1.29, 1.82) is 0 Å². The molecular weight excluding hydrogens is 246 g/mol. The molecule has 1 rings (SSSR count). The Bertz CT molecular complexity index is 325. The van der Waals surface area contributed by atoms with E-state index in [0.717, 1.165) is 5.69 Å². The highest BCUT2D eigenvalue weighted by atomic mass is 35.5. The molecule has 92 valence electrons. The Morgan fingerprint density at radius 1 is 1.56 bits per heavy atom. The first-order chi connectivity index (χ1) is 6.93. The van der Waals surface area contributed by atoms with Gasteiger partial charge in [-0.2, -0.15) is 0 Å². The van der Waals surface area contributed by atoms with Gasteiger partial charge in [0, 0.05) is 26.0 Å². The van der Waals surface area contributed by atoms with Gasteiger partial charge in [-0.05, 0) is 13.8 Å². The molecule has 0 aliphatic rings. The summed E-state index contributed by atoms with van der Waals surface area (Å²) in [6.45, 7) is 4.37. The number of rotatable bonds is 4. The minimum atomic E-state index is -0.548. The molecule has 0 bridgehead atoms. The van der Waals surface area contributed by atoms with Gasteiger partial charge >= 0.3 is 0 Å². The number of nitrogens with zero attached hydrogens (tertiary/aromatic N) is 2. The molecule has 0 saturated heterocycles. The van der Waals surface area contributed by atoms with Gasteiger partial charge in [0.1, 0.15) is 0 Å². The fourth-order valence-corrected chi connectivity index (χ4v) is 1.83. The summed E-state index contributed by atoms with van der Waals surface area (Å²) in [6, 6.07) is 0. The zero-order chi connectivity index (χ0) is 11.5. The van der Waals surface area contributed by atoms with Crippen molar-refractivity contribution in [3.05, 3.63) is 16.6 Å². The number of hydrogen-bond donors (Lipinski definition) is 1. The molecular formula is C10H18ClN3OS. The maximum atomic E-state index is 11.8. The normalized spacial score (nSPS) is 10.8. The lowest BCUT2D eigenvalue weighted by Crippen LogP contribution is -2.51. The highest BCUT2D eigenvalue weighted by Gasteiger charge is 2.28. The highest BCUT2D eigenvalue weighted by Crippen LogP contribution is 2.08. The van der Waals surface area contributed by atoms with Crippen molar-refractivity contribution < 1.29 is 4.79 Å². The summed E-state index contributed by atoms with van der Waals surface area (Å²) in [5, 5.41) is 5.17. The second kappa shape index (κ2) is 6.18. The number of halogens is 1. The number of likely N-dealkylation sites (N-methyl/N-ethyl adjacent to an activating group) is 1. The van der Waals surface area contributed by atoms with Gasteiger partial charge in [-0.15, -0.1) is 23.7 Å². The van der Waals surface area contributed by atoms with Crippen molar-refractivity contribution in [2.24, 2.45) is 0 Å². The number of hydrogen-bond acceptors (Lipinski definition) is 4. The maximum absolute atomic E-state index is 11.8. The van der Waals surface area contributed by atoms with Crippen LogP contribution in [0.15, 0.2) is 10.9 Å². The number of amides is 1. The van der Waals surface area contributed by atoms with Crippen molar-refractivity contribution in [3.63, 3.8) is 0 Å². The van der Waals surface area contributed by atoms with Crippen molar-refractivity contribution in [3.8, 4) is 0 Å². The van der Waals surface area contributed by atoms with E-state index < -0.39 is 5.54 Å². The molecule has 1 heterocycles. The molecule has 16 heavy (non-hydrogen) atoms. The molecule has 1 amide bonds. The Balaban J connectivity index is 0.00000225. The van der Waals surface area contributed by atoms with Crippen LogP contribution < -0.4 is 5.32 Å². The van der Waals surface area contributed by atoms with E-state index in [0.29, 0.717) is 6.54 Å². The molecule has 1 aromatic rings. The van der Waals surface area contributed by atoms with E-state index in [2.05, 4.69) is 10.3 Å². The fourth-order valence-electron chi connectivity index (χ4n) is 1.27. The van der Waals surface area contributed by atoms with Crippen molar-refractivity contribution in [2.45, 2.75) is 25.9 Å². The zero-order valence-electron chi connectivity index (χ0n) is 9.98. The standard InChI is InChI=1S/C10H17N3OS.ClH/c1-10(2,9(14)13(3)4)12-5-8-6-15-7-11-8;/h6-7,12H,5H2,1-4H3;1H. The average molecular weight is 264 g/mol. The average Bonchev–Trinajstić information content (AvgIpc) is 2.66. The van der Waals surface area contributed by atoms with Crippen LogP contribution in [0.2, 0.25) is 0 Å². The summed E-state index contributed by atoms with van der Waals surface area (Å²) < 4.78 is 0. The van der Waals surface area contributed by atoms with Crippen LogP contribution in [-0.2, 0) is 11.3 Å². The third-order valence-corrected chi connectivity index (χ3v) is 2.77. The first kappa shape index (κ1) is 15.3. The first-order valence-electron chi connectivity index (χ1n) is 4.77. The summed E-state index contributed by atoms with van der Waals surface area (Å²) in [5.41, 5.74) is 2.21. The molecule has 0 fully saturated rings. The number of carbonyl (C=O) groups excluding carboxylic acids is 1. The Labute approximate surface area is 106 Å². The lowest BCUT2D eigenvalue weighted by Gasteiger charge is -2.27. The van der Waals surface area contributed by atoms with E-state index in [9.17, 15) is 4.79 Å². The molecule has 0 aromatic carbocycles. The van der Waals surface area contributed by atoms with Gasteiger partial charge in [0.05, 0.1) is 16.7 Å². The zero-order valence-corrected chi connectivity index (χ0v) is 11.6. The van der Waals surface area contributed by atoms with Crippen LogP contribution >= 0.6 is 23.7 Å². The van der Waals surface area contributed by atoms with E-state index >= 15 is 0 Å². The third kappa shape index (κ3) is 4.08. The Kier molecular flexibility index (Phi) is 5.92. The maximum Gasteiger partial charge on any atom is 0.241 e. The SMILES string of the molecule is CN(C)C(=O)C(C)(C)NCc1cscn1.Cl. The van der Waals surface area contributed by atoms with Crippen LogP contribution in [-0.4, -0.2) is 35.4 Å². The second-order valence-electron chi connectivity index (χ2n) is 4.16. The van der Waals surface area contributed by atoms with Gasteiger partial charge in [-0.1, -0.05) is 0 Å². The number of thiazole rings is 1. The summed E-state index contributed by atoms with van der Waals surface area (Å²) in [5.74, 6) is 0.0673. The molecule has 6 heteroatoms. The number of aromatic nitrogens is 1. The summed E-state index contributed by atoms with van der Waals surface area (Å²) in [7, 11) is 3.52. The van der Waals surface area contributed by atoms with Crippen LogP contribution in [0.4, 0.5) is 0 Å². The molecule has 0 aliphatic heterocycles. The van der Waals surface area contributed by atoms with Crippen molar-refractivity contribution >= 4 is 29.7 Å². The van der Waals surface area contributed by atoms with Gasteiger partial charge in [0.25, 0.3) is 0 Å². The Morgan fingerprint density at radius 3 is 2.62 bits per heavy atom. The smallest absolute Gasteiger partial charge is 0.241 e. The quantitative estimate of drug-likeness (QED) is 0.896. The molecule has 0 unspecified atom stereocenters. The molecule has 0 atom stereocenters. The molecule has 0 spiro atoms. The van der Waals surface area contributed by atoms with Crippen LogP contribution in [0.5, 0.6) is 0 Å². The minimum absolute atomic E-state index is 0. The van der Waals surface area contributed by atoms with E-state index in [1.54, 1.807) is 35.8 Å². The first-order valence-corrected chi connectivity index (χ1v) is 5.71. The summed E-state index contributed by atoms with van der Waals surface area (Å²) in [6.07, 6.45) is 0. The van der Waals surface area contributed by atoms with Crippen LogP contribution in [0, 0.1) is 0 Å². The van der Waals surface area contributed by atoms with Crippen LogP contribution in [0.25, 0.3) is 0 Å². The fraction of sp³-hybridized carbons (Fsp3) is 0.600. The van der Waals surface area contributed by atoms with Crippen LogP contribution in [0.1, 0.15) is 19.5 Å². The second-order valence-corrected chi connectivity index (χ2v) is 4.88. The van der Waals surface area contributed by atoms with Gasteiger partial charge in [-0.25, -0.2) is 4.98 Å². The monoisotopic (exact) mass is 263 g/mol. The van der Waals surface area contributed by atoms with E-state index in [-0.39, 0.29) is 18.3 Å². The lowest BCUT2D eigenvalue weighted by molar-refractivity contribution is -0.134. The van der Waals surface area contributed by atoms with Gasteiger partial charge in [0.2, 0.25) is 5.91 Å². The van der Waals surface area contributed by atoms with E-state index in [1.165, 1.54) is 0 Å². The van der Waals surface area contributed by atoms with Crippen molar-refractivity contribution in [2.75, 3.05) is 14.1 Å². The molecule has 1 aromatic heterocycles. The van der Waals surface area contributed by atoms with Gasteiger partial charge in [-0.3, -0.25) is 10.1 Å². The summed E-state index contributed by atoms with van der Waals surface area (Å²) >= 11 is 1.56. The molecule has 4 nitrogen and oxygen atoms in total. The topological polar surface area (TPSA) is 45.2 Å². The van der Waals surface area contributed by atoms with Gasteiger partial charge < -0.3 is 4.90 Å². The molecule has 0 aliphatic carbocycles. The van der Waals surface area contributed by atoms with Crippen LogP contribution in [0.3, 0.4) is 0 Å². The van der Waals surface area contributed by atoms with E-state index in [4.69, 9.17) is 0 Å². The van der Waals surface area contributed by atoms with E-state index in [1.807, 2.05) is 19.2 Å². The Hall–Kier alpha value is -0.650. The Morgan fingerprint density at radius 2 is 2.19 bits per heavy atom. The molecule has 0 radical (unpaired) electrons. The largest absolute Gasteiger partial charge is 0.347 e. The molecule has 0 saturated carbocycles. The summed E-state index contributed by atoms with van der Waals surface area (Å²) in [4.78, 5) is 17.5. The predicted molar refractivity (Wildman–Crippen MR) is 69.0 cm³/mol. The van der Waals surface area contributed by atoms with Crippen molar-refractivity contribution in [1.82, 2.24) is 15.2 Å². The minimum Gasteiger partial charge on any atom is -0.347 e. The third-order valence-electron chi connectivity index (χ3n) is 2.14. The van der Waals surface area contributed by atoms with Gasteiger partial charge in [0.15, 0.2) is 0 Å².